The summed E-state index contributed by atoms with van der Waals surface area (Å²) in [4.78, 5) is 7.67. The van der Waals surface area contributed by atoms with E-state index in [4.69, 9.17) is 24.2 Å². The van der Waals surface area contributed by atoms with Crippen LogP contribution in [0.4, 0.5) is 0 Å². The summed E-state index contributed by atoms with van der Waals surface area (Å²) in [6.07, 6.45) is 1.44. The fourth-order valence-corrected chi connectivity index (χ4v) is 0.716. The fraction of sp³-hybridized carbons (Fsp3) is 0.200. The Bertz CT molecular complexity index is 226. The number of aromatic nitrogens is 2. The predicted molar refractivity (Wildman–Crippen MR) is 37.4 cm³/mol. The predicted octanol–water partition coefficient (Wildman–Crippen LogP) is 1.34. The molecule has 1 rings (SSSR count). The number of nitrogens with zero attached hydrogens (tertiary/aromatic N) is 2. The standard InChI is InChI=1S/C5H5ClN2S/c1-3-5(9)7-2-4(6)8-3/h2H,1H3,(H,7,9)/p-1. The zero-order valence-electron chi connectivity index (χ0n) is 4.76. The molecule has 0 radical (unpaired) electrons. The maximum Gasteiger partial charge on any atom is 0.147 e. The largest absolute Gasteiger partial charge is 0.758 e. The number of rotatable bonds is 0. The third kappa shape index (κ3) is 1.50. The van der Waals surface area contributed by atoms with E-state index in [0.717, 1.165) is 0 Å². The normalized spacial score (nSPS) is 9.56. The van der Waals surface area contributed by atoms with Gasteiger partial charge in [0, 0.05) is 5.69 Å². The van der Waals surface area contributed by atoms with Crippen LogP contribution >= 0.6 is 11.6 Å². The van der Waals surface area contributed by atoms with Crippen molar-refractivity contribution in [2.45, 2.75) is 11.9 Å². The molecule has 2 nitrogen and oxygen atoms in total. The lowest BCUT2D eigenvalue weighted by molar-refractivity contribution is 0.991. The first-order valence-electron chi connectivity index (χ1n) is 2.36. The second kappa shape index (κ2) is 2.45. The van der Waals surface area contributed by atoms with Crippen LogP contribution in [-0.2, 0) is 12.6 Å². The lowest BCUT2D eigenvalue weighted by Gasteiger charge is -2.05. The highest BCUT2D eigenvalue weighted by Crippen LogP contribution is 2.05. The Morgan fingerprint density at radius 1 is 1.67 bits per heavy atom. The highest BCUT2D eigenvalue weighted by atomic mass is 35.5. The van der Waals surface area contributed by atoms with Crippen molar-refractivity contribution < 1.29 is 0 Å². The average Bonchev–Trinajstić information content (AvgIpc) is 1.80. The second-order valence-electron chi connectivity index (χ2n) is 1.58. The van der Waals surface area contributed by atoms with Crippen LogP contribution in [0.15, 0.2) is 11.2 Å². The third-order valence-electron chi connectivity index (χ3n) is 0.872. The van der Waals surface area contributed by atoms with Gasteiger partial charge in [-0.3, -0.25) is 4.98 Å². The lowest BCUT2D eigenvalue weighted by atomic mass is 10.5. The van der Waals surface area contributed by atoms with Crippen molar-refractivity contribution in [1.29, 1.82) is 0 Å². The Labute approximate surface area is 63.7 Å². The zero-order valence-corrected chi connectivity index (χ0v) is 6.33. The fourth-order valence-electron chi connectivity index (χ4n) is 0.442. The van der Waals surface area contributed by atoms with E-state index in [1.54, 1.807) is 6.92 Å². The van der Waals surface area contributed by atoms with Crippen LogP contribution in [0.3, 0.4) is 0 Å². The minimum Gasteiger partial charge on any atom is -0.758 e. The molecule has 4 heteroatoms. The van der Waals surface area contributed by atoms with Gasteiger partial charge in [-0.15, -0.1) is 0 Å². The Balaban J connectivity index is 3.17. The number of hydrogen-bond acceptors (Lipinski definition) is 3. The molecule has 0 unspecified atom stereocenters. The van der Waals surface area contributed by atoms with E-state index in [2.05, 4.69) is 9.97 Å². The van der Waals surface area contributed by atoms with Crippen LogP contribution in [0.25, 0.3) is 0 Å². The Kier molecular flexibility index (Phi) is 1.83. The van der Waals surface area contributed by atoms with Crippen molar-refractivity contribution in [3.63, 3.8) is 0 Å². The second-order valence-corrected chi connectivity index (χ2v) is 2.36. The lowest BCUT2D eigenvalue weighted by Crippen LogP contribution is -1.88. The summed E-state index contributed by atoms with van der Waals surface area (Å²) >= 11 is 10.3. The molecule has 0 aliphatic rings. The molecule has 9 heavy (non-hydrogen) atoms. The summed E-state index contributed by atoms with van der Waals surface area (Å²) in [5.74, 6) is 0. The van der Waals surface area contributed by atoms with Gasteiger partial charge < -0.3 is 12.6 Å². The first kappa shape index (κ1) is 6.71. The van der Waals surface area contributed by atoms with Gasteiger partial charge in [0.2, 0.25) is 0 Å². The van der Waals surface area contributed by atoms with Crippen molar-refractivity contribution in [3.8, 4) is 0 Å². The topological polar surface area (TPSA) is 25.8 Å². The van der Waals surface area contributed by atoms with E-state index >= 15 is 0 Å². The molecule has 0 atom stereocenters. The Morgan fingerprint density at radius 2 is 2.33 bits per heavy atom. The van der Waals surface area contributed by atoms with E-state index in [9.17, 15) is 0 Å². The number of aryl methyl sites for hydroxylation is 1. The van der Waals surface area contributed by atoms with E-state index in [1.165, 1.54) is 6.20 Å². The van der Waals surface area contributed by atoms with E-state index in [0.29, 0.717) is 15.9 Å². The van der Waals surface area contributed by atoms with Gasteiger partial charge in [0.05, 0.1) is 6.20 Å². The summed E-state index contributed by atoms with van der Waals surface area (Å²) in [5.41, 5.74) is 0.706. The molecule has 0 amide bonds. The van der Waals surface area contributed by atoms with Crippen LogP contribution in [0.2, 0.25) is 5.15 Å². The Morgan fingerprint density at radius 3 is 2.78 bits per heavy atom. The van der Waals surface area contributed by atoms with Crippen LogP contribution in [0.5, 0.6) is 0 Å². The molecule has 1 aromatic rings. The van der Waals surface area contributed by atoms with Crippen LogP contribution < -0.4 is 0 Å². The van der Waals surface area contributed by atoms with Crippen LogP contribution in [0.1, 0.15) is 5.69 Å². The third-order valence-corrected chi connectivity index (χ3v) is 1.46. The highest BCUT2D eigenvalue weighted by Gasteiger charge is 1.88. The van der Waals surface area contributed by atoms with Gasteiger partial charge >= 0.3 is 0 Å². The average molecular weight is 160 g/mol. The quantitative estimate of drug-likeness (QED) is 0.535. The maximum atomic E-state index is 5.50. The summed E-state index contributed by atoms with van der Waals surface area (Å²) in [6, 6.07) is 0. The molecule has 0 saturated carbocycles. The molecule has 48 valence electrons. The monoisotopic (exact) mass is 159 g/mol. The molecule has 0 fully saturated rings. The van der Waals surface area contributed by atoms with Gasteiger partial charge in [-0.25, -0.2) is 4.98 Å². The van der Waals surface area contributed by atoms with Gasteiger partial charge in [-0.05, 0) is 6.92 Å². The molecular weight excluding hydrogens is 156 g/mol. The first-order chi connectivity index (χ1) is 4.20. The van der Waals surface area contributed by atoms with Crippen LogP contribution in [0, 0.1) is 6.92 Å². The molecule has 0 saturated heterocycles. The summed E-state index contributed by atoms with van der Waals surface area (Å²) in [7, 11) is 0. The summed E-state index contributed by atoms with van der Waals surface area (Å²) in [6.45, 7) is 1.78. The first-order valence-corrected chi connectivity index (χ1v) is 3.15. The van der Waals surface area contributed by atoms with Gasteiger partial charge in [-0.2, -0.15) is 0 Å². The molecule has 0 aliphatic carbocycles. The molecule has 1 heterocycles. The summed E-state index contributed by atoms with van der Waals surface area (Å²) in [5, 5.41) is 0.903. The van der Waals surface area contributed by atoms with Crippen molar-refractivity contribution in [2.24, 2.45) is 0 Å². The molecular formula is C5H4ClN2S-. The van der Waals surface area contributed by atoms with Gasteiger partial charge in [0.25, 0.3) is 0 Å². The molecule has 0 spiro atoms. The van der Waals surface area contributed by atoms with Gasteiger partial charge in [0.15, 0.2) is 0 Å². The molecule has 0 N–H and O–H groups in total. The smallest absolute Gasteiger partial charge is 0.147 e. The zero-order chi connectivity index (χ0) is 6.85. The molecule has 1 aromatic heterocycles. The Hall–Kier alpha value is -0.410. The molecule has 0 aliphatic heterocycles. The van der Waals surface area contributed by atoms with E-state index in [1.807, 2.05) is 0 Å². The maximum absolute atomic E-state index is 5.50. The highest BCUT2D eigenvalue weighted by molar-refractivity contribution is 7.58. The summed E-state index contributed by atoms with van der Waals surface area (Å²) < 4.78 is 0. The van der Waals surface area contributed by atoms with Crippen LogP contribution in [-0.4, -0.2) is 9.97 Å². The van der Waals surface area contributed by atoms with Gasteiger partial charge in [0.1, 0.15) is 5.15 Å². The van der Waals surface area contributed by atoms with Crippen molar-refractivity contribution in [1.82, 2.24) is 9.97 Å². The van der Waals surface area contributed by atoms with Crippen molar-refractivity contribution in [3.05, 3.63) is 17.0 Å². The number of halogens is 1. The minimum atomic E-state index is 0.390. The number of hydrogen-bond donors (Lipinski definition) is 0. The van der Waals surface area contributed by atoms with Gasteiger partial charge in [-0.1, -0.05) is 16.6 Å². The van der Waals surface area contributed by atoms with Crippen molar-refractivity contribution in [2.75, 3.05) is 0 Å². The van der Waals surface area contributed by atoms with Crippen molar-refractivity contribution >= 4 is 24.2 Å². The molecule has 0 aromatic carbocycles. The minimum absolute atomic E-state index is 0.390. The SMILES string of the molecule is Cc1nc(Cl)cnc1[S-]. The van der Waals surface area contributed by atoms with E-state index in [-0.39, 0.29) is 0 Å². The molecule has 0 bridgehead atoms. The van der Waals surface area contributed by atoms with E-state index < -0.39 is 0 Å².